The zero-order valence-corrected chi connectivity index (χ0v) is 12.0. The van der Waals surface area contributed by atoms with Gasteiger partial charge in [0.15, 0.2) is 0 Å². The highest BCUT2D eigenvalue weighted by molar-refractivity contribution is 5.05. The molecule has 1 aromatic rings. The molecular formula is C15H25NO3. The number of furan rings is 1. The number of rotatable bonds is 7. The van der Waals surface area contributed by atoms with Crippen LogP contribution >= 0.6 is 0 Å². The molecule has 4 heteroatoms. The Balaban J connectivity index is 1.92. The molecule has 0 amide bonds. The second kappa shape index (κ2) is 7.08. The van der Waals surface area contributed by atoms with Crippen LogP contribution in [0.2, 0.25) is 0 Å². The third-order valence-corrected chi connectivity index (χ3v) is 3.60. The van der Waals surface area contributed by atoms with Gasteiger partial charge in [0.2, 0.25) is 0 Å². The molecule has 0 bridgehead atoms. The number of aliphatic hydroxyl groups is 1. The molecule has 108 valence electrons. The maximum absolute atomic E-state index is 9.87. The Morgan fingerprint density at radius 1 is 1.47 bits per heavy atom. The molecule has 2 rings (SSSR count). The van der Waals surface area contributed by atoms with Crippen LogP contribution in [0.15, 0.2) is 16.5 Å². The third-order valence-electron chi connectivity index (χ3n) is 3.60. The van der Waals surface area contributed by atoms with Crippen molar-refractivity contribution in [2.45, 2.75) is 51.9 Å². The van der Waals surface area contributed by atoms with E-state index in [2.05, 4.69) is 4.90 Å². The Morgan fingerprint density at radius 2 is 2.32 bits per heavy atom. The largest absolute Gasteiger partial charge is 0.465 e. The van der Waals surface area contributed by atoms with E-state index < -0.39 is 0 Å². The van der Waals surface area contributed by atoms with Crippen LogP contribution in [0.25, 0.3) is 0 Å². The van der Waals surface area contributed by atoms with Crippen LogP contribution in [0.1, 0.15) is 37.7 Å². The van der Waals surface area contributed by atoms with Crippen molar-refractivity contribution in [3.8, 4) is 0 Å². The Labute approximate surface area is 115 Å². The Kier molecular flexibility index (Phi) is 5.43. The summed E-state index contributed by atoms with van der Waals surface area (Å²) >= 11 is 0. The van der Waals surface area contributed by atoms with E-state index in [9.17, 15) is 5.11 Å². The SMILES string of the molecule is CCC(O)CN(Cc1ccc(C)o1)CC1CCCO1. The molecule has 1 fully saturated rings. The van der Waals surface area contributed by atoms with Gasteiger partial charge in [-0.25, -0.2) is 0 Å². The molecule has 0 spiro atoms. The van der Waals surface area contributed by atoms with E-state index in [0.717, 1.165) is 50.5 Å². The minimum absolute atomic E-state index is 0.280. The summed E-state index contributed by atoms with van der Waals surface area (Å²) in [6.07, 6.45) is 3.07. The average Bonchev–Trinajstić information content (AvgIpc) is 3.01. The van der Waals surface area contributed by atoms with Gasteiger partial charge in [-0.3, -0.25) is 4.90 Å². The Bertz CT molecular complexity index is 371. The molecule has 0 aromatic carbocycles. The highest BCUT2D eigenvalue weighted by atomic mass is 16.5. The van der Waals surface area contributed by atoms with Crippen molar-refractivity contribution in [1.29, 1.82) is 0 Å². The molecule has 19 heavy (non-hydrogen) atoms. The van der Waals surface area contributed by atoms with Crippen LogP contribution in [0.3, 0.4) is 0 Å². The normalized spacial score (nSPS) is 21.2. The molecule has 1 saturated heterocycles. The second-order valence-electron chi connectivity index (χ2n) is 5.40. The molecule has 2 atom stereocenters. The Hall–Kier alpha value is -0.840. The number of aliphatic hydroxyl groups excluding tert-OH is 1. The number of hydrogen-bond donors (Lipinski definition) is 1. The van der Waals surface area contributed by atoms with Crippen LogP contribution in [0, 0.1) is 6.92 Å². The van der Waals surface area contributed by atoms with Gasteiger partial charge >= 0.3 is 0 Å². The molecule has 1 aliphatic heterocycles. The van der Waals surface area contributed by atoms with Crippen molar-refractivity contribution in [3.05, 3.63) is 23.7 Å². The lowest BCUT2D eigenvalue weighted by atomic mass is 10.2. The van der Waals surface area contributed by atoms with Gasteiger partial charge in [0.05, 0.1) is 18.8 Å². The summed E-state index contributed by atoms with van der Waals surface area (Å²) in [6, 6.07) is 3.99. The van der Waals surface area contributed by atoms with Crippen molar-refractivity contribution >= 4 is 0 Å². The molecule has 1 aromatic heterocycles. The summed E-state index contributed by atoms with van der Waals surface area (Å²) in [5.41, 5.74) is 0. The molecule has 0 aliphatic carbocycles. The maximum atomic E-state index is 9.87. The quantitative estimate of drug-likeness (QED) is 0.823. The second-order valence-corrected chi connectivity index (χ2v) is 5.40. The fourth-order valence-corrected chi connectivity index (χ4v) is 2.50. The van der Waals surface area contributed by atoms with Crippen LogP contribution in [0.5, 0.6) is 0 Å². The fraction of sp³-hybridized carbons (Fsp3) is 0.733. The van der Waals surface area contributed by atoms with E-state index in [1.807, 2.05) is 26.0 Å². The standard InChI is InChI=1S/C15H25NO3/c1-3-13(17)9-16(10-14-5-4-8-18-14)11-15-7-6-12(2)19-15/h6-7,13-14,17H,3-5,8-11H2,1-2H3. The van der Waals surface area contributed by atoms with Gasteiger partial charge in [0.1, 0.15) is 11.5 Å². The van der Waals surface area contributed by atoms with Crippen LogP contribution in [0.4, 0.5) is 0 Å². The van der Waals surface area contributed by atoms with Gasteiger partial charge in [-0.05, 0) is 38.3 Å². The van der Waals surface area contributed by atoms with Crippen LogP contribution in [-0.2, 0) is 11.3 Å². The van der Waals surface area contributed by atoms with E-state index >= 15 is 0 Å². The summed E-state index contributed by atoms with van der Waals surface area (Å²) < 4.78 is 11.3. The first-order valence-corrected chi connectivity index (χ1v) is 7.24. The van der Waals surface area contributed by atoms with Crippen molar-refractivity contribution in [3.63, 3.8) is 0 Å². The van der Waals surface area contributed by atoms with E-state index in [1.54, 1.807) is 0 Å². The lowest BCUT2D eigenvalue weighted by molar-refractivity contribution is 0.0427. The summed E-state index contributed by atoms with van der Waals surface area (Å²) in [4.78, 5) is 2.24. The predicted octanol–water partition coefficient (Wildman–Crippen LogP) is 2.34. The first kappa shape index (κ1) is 14.6. The number of nitrogens with zero attached hydrogens (tertiary/aromatic N) is 1. The molecular weight excluding hydrogens is 242 g/mol. The summed E-state index contributed by atoms with van der Waals surface area (Å²) in [5, 5.41) is 9.87. The highest BCUT2D eigenvalue weighted by Crippen LogP contribution is 2.16. The minimum atomic E-state index is -0.280. The number of ether oxygens (including phenoxy) is 1. The minimum Gasteiger partial charge on any atom is -0.465 e. The van der Waals surface area contributed by atoms with Gasteiger partial charge < -0.3 is 14.3 Å². The zero-order valence-electron chi connectivity index (χ0n) is 12.0. The summed E-state index contributed by atoms with van der Waals surface area (Å²) in [5.74, 6) is 1.89. The molecule has 4 nitrogen and oxygen atoms in total. The zero-order chi connectivity index (χ0) is 13.7. The summed E-state index contributed by atoms with van der Waals surface area (Å²) in [7, 11) is 0. The molecule has 2 unspecified atom stereocenters. The highest BCUT2D eigenvalue weighted by Gasteiger charge is 2.21. The van der Waals surface area contributed by atoms with Crippen molar-refractivity contribution < 1.29 is 14.3 Å². The smallest absolute Gasteiger partial charge is 0.118 e. The number of hydrogen-bond acceptors (Lipinski definition) is 4. The van der Waals surface area contributed by atoms with E-state index in [1.165, 1.54) is 0 Å². The lowest BCUT2D eigenvalue weighted by Gasteiger charge is -2.26. The molecule has 2 heterocycles. The van der Waals surface area contributed by atoms with E-state index in [0.29, 0.717) is 12.6 Å². The lowest BCUT2D eigenvalue weighted by Crippen LogP contribution is -2.37. The van der Waals surface area contributed by atoms with Crippen molar-refractivity contribution in [2.24, 2.45) is 0 Å². The molecule has 1 aliphatic rings. The van der Waals surface area contributed by atoms with Gasteiger partial charge in [0, 0.05) is 19.7 Å². The number of aryl methyl sites for hydroxylation is 1. The predicted molar refractivity (Wildman–Crippen MR) is 74.0 cm³/mol. The fourth-order valence-electron chi connectivity index (χ4n) is 2.50. The van der Waals surface area contributed by atoms with Gasteiger partial charge in [-0.2, -0.15) is 0 Å². The topological polar surface area (TPSA) is 45.8 Å². The Morgan fingerprint density at radius 3 is 2.89 bits per heavy atom. The molecule has 0 saturated carbocycles. The van der Waals surface area contributed by atoms with Crippen LogP contribution in [-0.4, -0.2) is 41.9 Å². The first-order valence-electron chi connectivity index (χ1n) is 7.24. The van der Waals surface area contributed by atoms with Crippen LogP contribution < -0.4 is 0 Å². The van der Waals surface area contributed by atoms with E-state index in [-0.39, 0.29) is 6.10 Å². The first-order chi connectivity index (χ1) is 9.17. The van der Waals surface area contributed by atoms with Gasteiger partial charge in [0.25, 0.3) is 0 Å². The van der Waals surface area contributed by atoms with Gasteiger partial charge in [-0.1, -0.05) is 6.92 Å². The summed E-state index contributed by atoms with van der Waals surface area (Å²) in [6.45, 7) is 7.12. The van der Waals surface area contributed by atoms with E-state index in [4.69, 9.17) is 9.15 Å². The monoisotopic (exact) mass is 267 g/mol. The van der Waals surface area contributed by atoms with Crippen molar-refractivity contribution in [1.82, 2.24) is 4.90 Å². The third kappa shape index (κ3) is 4.64. The van der Waals surface area contributed by atoms with Crippen molar-refractivity contribution in [2.75, 3.05) is 19.7 Å². The maximum Gasteiger partial charge on any atom is 0.118 e. The molecule has 0 radical (unpaired) electrons. The molecule has 1 N–H and O–H groups in total. The van der Waals surface area contributed by atoms with Gasteiger partial charge in [-0.15, -0.1) is 0 Å². The average molecular weight is 267 g/mol.